The maximum atomic E-state index is 13.0. The summed E-state index contributed by atoms with van der Waals surface area (Å²) in [5, 5.41) is 4.39. The highest BCUT2D eigenvalue weighted by Gasteiger charge is 2.18. The van der Waals surface area contributed by atoms with Crippen LogP contribution in [0.3, 0.4) is 0 Å². The lowest BCUT2D eigenvalue weighted by atomic mass is 10.1. The van der Waals surface area contributed by atoms with Gasteiger partial charge in [0, 0.05) is 79.0 Å². The van der Waals surface area contributed by atoms with Crippen molar-refractivity contribution in [2.45, 2.75) is 37.3 Å². The maximum absolute atomic E-state index is 13.0. The Balaban J connectivity index is 1.91. The predicted octanol–water partition coefficient (Wildman–Crippen LogP) is 3.74. The molecule has 2 amide bonds. The molecule has 0 heterocycles. The van der Waals surface area contributed by atoms with Crippen LogP contribution in [0.25, 0.3) is 10.8 Å². The number of nitrogens with one attached hydrogen (secondary N) is 2. The fourth-order valence-corrected chi connectivity index (χ4v) is 7.14. The van der Waals surface area contributed by atoms with Crippen LogP contribution in [0.5, 0.6) is 0 Å². The minimum Gasteiger partial charge on any atom is -0.449 e. The lowest BCUT2D eigenvalue weighted by Gasteiger charge is -2.21. The lowest BCUT2D eigenvalue weighted by molar-refractivity contribution is -0.116. The van der Waals surface area contributed by atoms with Crippen molar-refractivity contribution in [3.8, 4) is 0 Å². The zero-order valence-electron chi connectivity index (χ0n) is 23.1. The Morgan fingerprint density at radius 1 is 1.13 bits per heavy atom. The second-order valence-corrected chi connectivity index (χ2v) is 13.7. The molecule has 0 bridgehead atoms. The van der Waals surface area contributed by atoms with E-state index < -0.39 is 16.1 Å². The quantitative estimate of drug-likeness (QED) is 0.150. The zero-order chi connectivity index (χ0) is 29.0. The molecule has 0 radical (unpaired) electrons. The number of nitrogens with two attached hydrogens (primary N) is 1. The third-order valence-electron chi connectivity index (χ3n) is 5.55. The number of amides is 2. The molecular weight excluding hydrogens is 559 g/mol. The topological polar surface area (TPSA) is 134 Å². The van der Waals surface area contributed by atoms with Gasteiger partial charge in [0.1, 0.15) is 0 Å². The average Bonchev–Trinajstić information content (AvgIpc) is 2.90. The molecule has 39 heavy (non-hydrogen) atoms. The molecule has 0 aliphatic rings. The van der Waals surface area contributed by atoms with Crippen LogP contribution in [0.4, 0.5) is 10.5 Å². The summed E-state index contributed by atoms with van der Waals surface area (Å²) in [7, 11) is 3.20. The Morgan fingerprint density at radius 3 is 2.46 bits per heavy atom. The summed E-state index contributed by atoms with van der Waals surface area (Å²) in [6.45, 7) is 6.89. The monoisotopic (exact) mass is 597 g/mol. The van der Waals surface area contributed by atoms with Gasteiger partial charge in [-0.1, -0.05) is 59.7 Å². The number of benzene rings is 2. The van der Waals surface area contributed by atoms with Gasteiger partial charge in [-0.15, -0.1) is 0 Å². The van der Waals surface area contributed by atoms with E-state index in [-0.39, 0.29) is 24.6 Å². The molecule has 13 heteroatoms. The SMILES string of the molecule is CC(=C(CCOC(=O)NCCNS(=O)(=O)c1cccc2c(N(C)C)cccc12)SSC(C)C)N(C=O)CCN. The first-order valence-corrected chi connectivity index (χ1v) is 16.3. The highest BCUT2D eigenvalue weighted by atomic mass is 33.1. The highest BCUT2D eigenvalue weighted by molar-refractivity contribution is 8.78. The van der Waals surface area contributed by atoms with Crippen molar-refractivity contribution in [1.29, 1.82) is 0 Å². The number of sulfonamides is 1. The third kappa shape index (κ3) is 9.91. The van der Waals surface area contributed by atoms with Crippen molar-refractivity contribution in [3.05, 3.63) is 47.0 Å². The molecule has 4 N–H and O–H groups in total. The van der Waals surface area contributed by atoms with Gasteiger partial charge in [0.15, 0.2) is 0 Å². The molecule has 10 nitrogen and oxygen atoms in total. The van der Waals surface area contributed by atoms with E-state index in [1.54, 1.807) is 44.7 Å². The molecular formula is C26H39N5O5S3. The molecule has 0 atom stereocenters. The van der Waals surface area contributed by atoms with Crippen LogP contribution in [0.1, 0.15) is 27.2 Å². The number of alkyl carbamates (subject to hydrolysis) is 1. The van der Waals surface area contributed by atoms with Crippen LogP contribution in [-0.2, 0) is 19.6 Å². The summed E-state index contributed by atoms with van der Waals surface area (Å²) in [6.07, 6.45) is 0.528. The molecule has 0 aromatic heterocycles. The van der Waals surface area contributed by atoms with Crippen molar-refractivity contribution in [2.75, 3.05) is 51.8 Å². The fraction of sp³-hybridized carbons (Fsp3) is 0.462. The average molecular weight is 598 g/mol. The Bertz CT molecular complexity index is 1250. The van der Waals surface area contributed by atoms with Gasteiger partial charge in [-0.2, -0.15) is 0 Å². The number of hydrogen-bond donors (Lipinski definition) is 3. The van der Waals surface area contributed by atoms with Gasteiger partial charge < -0.3 is 25.6 Å². The zero-order valence-corrected chi connectivity index (χ0v) is 25.5. The molecule has 0 saturated heterocycles. The van der Waals surface area contributed by atoms with Crippen LogP contribution in [0.15, 0.2) is 51.9 Å². The Kier molecular flexibility index (Phi) is 13.4. The van der Waals surface area contributed by atoms with Crippen molar-refractivity contribution >= 4 is 60.6 Å². The molecule has 0 saturated carbocycles. The van der Waals surface area contributed by atoms with Crippen molar-refractivity contribution in [2.24, 2.45) is 5.73 Å². The Labute approximate surface area is 239 Å². The normalized spacial score (nSPS) is 12.3. The highest BCUT2D eigenvalue weighted by Crippen LogP contribution is 2.37. The van der Waals surface area contributed by atoms with E-state index in [1.165, 1.54) is 0 Å². The lowest BCUT2D eigenvalue weighted by Crippen LogP contribution is -2.35. The smallest absolute Gasteiger partial charge is 0.407 e. The molecule has 0 aliphatic heterocycles. The standard InChI is InChI=1S/C26H39N5O5S3/c1-19(2)37-38-24(20(3)31(18-32)16-13-27)12-17-36-26(33)28-14-15-29-39(34,35)25-11-7-8-21-22(25)9-6-10-23(21)30(4)5/h6-11,18-19,29H,12-17,27H2,1-5H3,(H,28,33). The van der Waals surface area contributed by atoms with Gasteiger partial charge in [0.05, 0.1) is 11.5 Å². The summed E-state index contributed by atoms with van der Waals surface area (Å²) >= 11 is 0. The molecule has 2 aromatic rings. The van der Waals surface area contributed by atoms with Crippen molar-refractivity contribution in [3.63, 3.8) is 0 Å². The molecule has 216 valence electrons. The van der Waals surface area contributed by atoms with Crippen molar-refractivity contribution in [1.82, 2.24) is 14.9 Å². The molecule has 0 fully saturated rings. The summed E-state index contributed by atoms with van der Waals surface area (Å²) < 4.78 is 33.8. The summed E-state index contributed by atoms with van der Waals surface area (Å²) in [4.78, 5) is 28.2. The molecule has 0 spiro atoms. The predicted molar refractivity (Wildman–Crippen MR) is 162 cm³/mol. The minimum absolute atomic E-state index is 0.000281. The van der Waals surface area contributed by atoms with E-state index in [9.17, 15) is 18.0 Å². The molecule has 2 rings (SSSR count). The van der Waals surface area contributed by atoms with E-state index in [0.717, 1.165) is 28.1 Å². The van der Waals surface area contributed by atoms with E-state index in [2.05, 4.69) is 23.9 Å². The first-order chi connectivity index (χ1) is 18.5. The maximum Gasteiger partial charge on any atom is 0.407 e. The van der Waals surface area contributed by atoms with Crippen LogP contribution in [0.2, 0.25) is 0 Å². The third-order valence-corrected chi connectivity index (χ3v) is 10.3. The van der Waals surface area contributed by atoms with Crippen LogP contribution in [-0.4, -0.2) is 78.0 Å². The van der Waals surface area contributed by atoms with Crippen LogP contribution >= 0.6 is 21.6 Å². The Hall–Kier alpha value is -2.45. The van der Waals surface area contributed by atoms with Gasteiger partial charge in [-0.3, -0.25) is 4.79 Å². The number of hydrogen-bond acceptors (Lipinski definition) is 9. The number of anilines is 1. The second kappa shape index (κ2) is 16.0. The number of rotatable bonds is 16. The number of fused-ring (bicyclic) bond motifs is 1. The Morgan fingerprint density at radius 2 is 1.82 bits per heavy atom. The molecule has 0 aliphatic carbocycles. The van der Waals surface area contributed by atoms with E-state index in [4.69, 9.17) is 10.5 Å². The van der Waals surface area contributed by atoms with Crippen molar-refractivity contribution < 1.29 is 22.7 Å². The number of ether oxygens (including phenoxy) is 1. The molecule has 2 aromatic carbocycles. The van der Waals surface area contributed by atoms with Crippen LogP contribution in [0, 0.1) is 0 Å². The van der Waals surface area contributed by atoms with E-state index in [1.807, 2.05) is 44.1 Å². The van der Waals surface area contributed by atoms with Gasteiger partial charge in [-0.25, -0.2) is 17.9 Å². The van der Waals surface area contributed by atoms with Gasteiger partial charge >= 0.3 is 6.09 Å². The van der Waals surface area contributed by atoms with Gasteiger partial charge in [-0.05, 0) is 19.1 Å². The number of carbonyl (C=O) groups is 2. The summed E-state index contributed by atoms with van der Waals surface area (Å²) in [5.74, 6) is 0. The fourth-order valence-electron chi connectivity index (χ4n) is 3.64. The number of allylic oxidation sites excluding steroid dienone is 1. The number of nitrogens with zero attached hydrogens (tertiary/aromatic N) is 2. The summed E-state index contributed by atoms with van der Waals surface area (Å²) in [6, 6.07) is 10.7. The van der Waals surface area contributed by atoms with Gasteiger partial charge in [0.2, 0.25) is 16.4 Å². The van der Waals surface area contributed by atoms with Gasteiger partial charge in [0.25, 0.3) is 0 Å². The van der Waals surface area contributed by atoms with E-state index >= 15 is 0 Å². The van der Waals surface area contributed by atoms with E-state index in [0.29, 0.717) is 30.1 Å². The second-order valence-electron chi connectivity index (χ2n) is 9.06. The number of carbonyl (C=O) groups excluding carboxylic acids is 2. The first-order valence-electron chi connectivity index (χ1n) is 12.6. The first kappa shape index (κ1) is 32.8. The van der Waals surface area contributed by atoms with Crippen LogP contribution < -0.4 is 20.7 Å². The largest absolute Gasteiger partial charge is 0.449 e. The summed E-state index contributed by atoms with van der Waals surface area (Å²) in [5.41, 5.74) is 7.30. The molecule has 0 unspecified atom stereocenters. The minimum atomic E-state index is -3.81.